The molecule has 1 heterocycles. The number of carbonyl (C=O) groups is 1. The predicted octanol–water partition coefficient (Wildman–Crippen LogP) is 1.67. The summed E-state index contributed by atoms with van der Waals surface area (Å²) >= 11 is 4.96. The molecule has 0 radical (unpaired) electrons. The number of carbonyl (C=O) groups excluding carboxylic acids is 1. The molecule has 0 saturated carbocycles. The average molecular weight is 254 g/mol. The molecule has 1 amide bonds. The SMILES string of the molecule is CCC(C)(C(=O)Nc1c(C)n[nH]c1C)C(N)=S. The number of rotatable bonds is 4. The van der Waals surface area contributed by atoms with E-state index >= 15 is 0 Å². The molecule has 0 aliphatic heterocycles. The Hall–Kier alpha value is -1.43. The van der Waals surface area contributed by atoms with Crippen LogP contribution in [0.5, 0.6) is 0 Å². The van der Waals surface area contributed by atoms with E-state index in [-0.39, 0.29) is 10.9 Å². The molecule has 94 valence electrons. The zero-order valence-electron chi connectivity index (χ0n) is 10.5. The van der Waals surface area contributed by atoms with Gasteiger partial charge in [-0.3, -0.25) is 9.89 Å². The third-order valence-electron chi connectivity index (χ3n) is 3.12. The van der Waals surface area contributed by atoms with Gasteiger partial charge in [0.2, 0.25) is 5.91 Å². The van der Waals surface area contributed by atoms with Gasteiger partial charge in [0.15, 0.2) is 0 Å². The van der Waals surface area contributed by atoms with Crippen LogP contribution in [0.15, 0.2) is 0 Å². The Kier molecular flexibility index (Phi) is 3.87. The Morgan fingerprint density at radius 1 is 1.59 bits per heavy atom. The fraction of sp³-hybridized carbons (Fsp3) is 0.545. The fourth-order valence-electron chi connectivity index (χ4n) is 1.43. The number of anilines is 1. The summed E-state index contributed by atoms with van der Waals surface area (Å²) < 4.78 is 0. The standard InChI is InChI=1S/C11H18N4OS/c1-5-11(4,9(12)17)10(16)13-8-6(2)14-15-7(8)3/h5H2,1-4H3,(H2,12,17)(H,13,16)(H,14,15). The molecule has 1 atom stereocenters. The molecule has 1 aromatic rings. The summed E-state index contributed by atoms with van der Waals surface area (Å²) in [5.74, 6) is -0.194. The molecule has 0 saturated heterocycles. The third-order valence-corrected chi connectivity index (χ3v) is 3.57. The summed E-state index contributed by atoms with van der Waals surface area (Å²) in [6.07, 6.45) is 0.560. The van der Waals surface area contributed by atoms with Crippen LogP contribution >= 0.6 is 12.2 Å². The minimum Gasteiger partial charge on any atom is -0.392 e. The number of nitrogens with two attached hydrogens (primary N) is 1. The van der Waals surface area contributed by atoms with E-state index in [9.17, 15) is 4.79 Å². The molecule has 17 heavy (non-hydrogen) atoms. The monoisotopic (exact) mass is 254 g/mol. The Bertz CT molecular complexity index is 435. The van der Waals surface area contributed by atoms with Crippen molar-refractivity contribution in [2.75, 3.05) is 5.32 Å². The van der Waals surface area contributed by atoms with Crippen molar-refractivity contribution in [2.24, 2.45) is 11.1 Å². The van der Waals surface area contributed by atoms with E-state index in [2.05, 4.69) is 15.5 Å². The summed E-state index contributed by atoms with van der Waals surface area (Å²) in [4.78, 5) is 12.4. The minimum atomic E-state index is -0.828. The van der Waals surface area contributed by atoms with Gasteiger partial charge in [-0.2, -0.15) is 5.10 Å². The van der Waals surface area contributed by atoms with E-state index < -0.39 is 5.41 Å². The van der Waals surface area contributed by atoms with Crippen molar-refractivity contribution in [3.05, 3.63) is 11.4 Å². The Balaban J connectivity index is 2.97. The lowest BCUT2D eigenvalue weighted by molar-refractivity contribution is -0.121. The van der Waals surface area contributed by atoms with Crippen molar-refractivity contribution in [1.82, 2.24) is 10.2 Å². The number of H-pyrrole nitrogens is 1. The van der Waals surface area contributed by atoms with Crippen LogP contribution < -0.4 is 11.1 Å². The lowest BCUT2D eigenvalue weighted by Gasteiger charge is -2.25. The lowest BCUT2D eigenvalue weighted by Crippen LogP contribution is -2.43. The van der Waals surface area contributed by atoms with Crippen LogP contribution in [-0.4, -0.2) is 21.1 Å². The highest BCUT2D eigenvalue weighted by atomic mass is 32.1. The van der Waals surface area contributed by atoms with Gasteiger partial charge in [-0.05, 0) is 27.2 Å². The Morgan fingerprint density at radius 3 is 2.53 bits per heavy atom. The summed E-state index contributed by atoms with van der Waals surface area (Å²) in [6.45, 7) is 7.30. The second-order valence-electron chi connectivity index (χ2n) is 4.31. The molecule has 4 N–H and O–H groups in total. The topological polar surface area (TPSA) is 83.8 Å². The zero-order chi connectivity index (χ0) is 13.2. The van der Waals surface area contributed by atoms with E-state index in [4.69, 9.17) is 18.0 Å². The van der Waals surface area contributed by atoms with Gasteiger partial charge in [-0.25, -0.2) is 0 Å². The molecule has 0 aliphatic carbocycles. The van der Waals surface area contributed by atoms with Crippen molar-refractivity contribution < 1.29 is 4.79 Å². The van der Waals surface area contributed by atoms with Crippen molar-refractivity contribution in [3.8, 4) is 0 Å². The predicted molar refractivity (Wildman–Crippen MR) is 71.9 cm³/mol. The first kappa shape index (κ1) is 13.6. The third kappa shape index (κ3) is 2.46. The molecule has 5 nitrogen and oxygen atoms in total. The average Bonchev–Trinajstić information content (AvgIpc) is 2.59. The minimum absolute atomic E-state index is 0.194. The Morgan fingerprint density at radius 2 is 2.18 bits per heavy atom. The van der Waals surface area contributed by atoms with Crippen LogP contribution in [0.4, 0.5) is 5.69 Å². The maximum absolute atomic E-state index is 12.2. The summed E-state index contributed by atoms with van der Waals surface area (Å²) in [5, 5.41) is 9.66. The molecule has 0 aliphatic rings. The van der Waals surface area contributed by atoms with Gasteiger partial charge in [-0.1, -0.05) is 19.1 Å². The Labute approximate surface area is 106 Å². The highest BCUT2D eigenvalue weighted by molar-refractivity contribution is 7.80. The van der Waals surface area contributed by atoms with Crippen LogP contribution in [0.1, 0.15) is 31.7 Å². The number of aromatic amines is 1. The van der Waals surface area contributed by atoms with Crippen molar-refractivity contribution >= 4 is 28.8 Å². The summed E-state index contributed by atoms with van der Waals surface area (Å²) in [7, 11) is 0. The van der Waals surface area contributed by atoms with Gasteiger partial charge in [0.05, 0.1) is 27.5 Å². The largest absolute Gasteiger partial charge is 0.392 e. The van der Waals surface area contributed by atoms with E-state index in [0.29, 0.717) is 12.1 Å². The van der Waals surface area contributed by atoms with Crippen LogP contribution in [0.2, 0.25) is 0 Å². The van der Waals surface area contributed by atoms with Gasteiger partial charge in [0.1, 0.15) is 0 Å². The molecule has 6 heteroatoms. The molecule has 0 fully saturated rings. The maximum Gasteiger partial charge on any atom is 0.237 e. The van der Waals surface area contributed by atoms with Gasteiger partial charge in [0.25, 0.3) is 0 Å². The number of hydrogen-bond donors (Lipinski definition) is 3. The van der Waals surface area contributed by atoms with Crippen molar-refractivity contribution in [3.63, 3.8) is 0 Å². The van der Waals surface area contributed by atoms with Gasteiger partial charge >= 0.3 is 0 Å². The fourth-order valence-corrected chi connectivity index (χ4v) is 1.67. The van der Waals surface area contributed by atoms with E-state index in [1.807, 2.05) is 20.8 Å². The second-order valence-corrected chi connectivity index (χ2v) is 4.75. The van der Waals surface area contributed by atoms with E-state index in [1.54, 1.807) is 6.92 Å². The number of amides is 1. The van der Waals surface area contributed by atoms with Crippen LogP contribution in [0.25, 0.3) is 0 Å². The zero-order valence-corrected chi connectivity index (χ0v) is 11.4. The summed E-state index contributed by atoms with van der Waals surface area (Å²) in [6, 6.07) is 0. The molecule has 1 aromatic heterocycles. The highest BCUT2D eigenvalue weighted by Crippen LogP contribution is 2.25. The first-order valence-corrected chi connectivity index (χ1v) is 5.86. The molecule has 1 rings (SSSR count). The van der Waals surface area contributed by atoms with E-state index in [1.165, 1.54) is 0 Å². The second kappa shape index (κ2) is 4.83. The first-order valence-electron chi connectivity index (χ1n) is 5.45. The number of hydrogen-bond acceptors (Lipinski definition) is 3. The normalized spacial score (nSPS) is 14.1. The van der Waals surface area contributed by atoms with Crippen LogP contribution in [0.3, 0.4) is 0 Å². The summed E-state index contributed by atoms with van der Waals surface area (Å²) in [5.41, 5.74) is 7.07. The number of aromatic nitrogens is 2. The van der Waals surface area contributed by atoms with Gasteiger partial charge in [-0.15, -0.1) is 0 Å². The quantitative estimate of drug-likeness (QED) is 0.714. The molecular formula is C11H18N4OS. The first-order chi connectivity index (χ1) is 7.82. The molecule has 0 bridgehead atoms. The van der Waals surface area contributed by atoms with Gasteiger partial charge < -0.3 is 11.1 Å². The number of aryl methyl sites for hydroxylation is 2. The number of thiocarbonyl (C=S) groups is 1. The van der Waals surface area contributed by atoms with E-state index in [0.717, 1.165) is 11.4 Å². The van der Waals surface area contributed by atoms with Crippen molar-refractivity contribution in [1.29, 1.82) is 0 Å². The maximum atomic E-state index is 12.2. The number of nitrogens with zero attached hydrogens (tertiary/aromatic N) is 1. The lowest BCUT2D eigenvalue weighted by atomic mass is 9.86. The van der Waals surface area contributed by atoms with Crippen molar-refractivity contribution in [2.45, 2.75) is 34.1 Å². The van der Waals surface area contributed by atoms with Crippen LogP contribution in [0, 0.1) is 19.3 Å². The highest BCUT2D eigenvalue weighted by Gasteiger charge is 2.35. The molecule has 0 spiro atoms. The number of nitrogens with one attached hydrogen (secondary N) is 2. The smallest absolute Gasteiger partial charge is 0.237 e. The van der Waals surface area contributed by atoms with Gasteiger partial charge in [0, 0.05) is 0 Å². The molecule has 0 aromatic carbocycles. The van der Waals surface area contributed by atoms with Crippen LogP contribution in [-0.2, 0) is 4.79 Å². The molecule has 1 unspecified atom stereocenters. The molecular weight excluding hydrogens is 236 g/mol.